The molecule has 5 nitrogen and oxygen atoms in total. The number of hydrogen-bond acceptors (Lipinski definition) is 3. The zero-order valence-corrected chi connectivity index (χ0v) is 14.8. The first kappa shape index (κ1) is 14.9. The number of aromatic amines is 2. The number of nitrogens with one attached hydrogen (secondary N) is 2. The molecule has 1 aliphatic carbocycles. The number of carbonyl (C=O) groups is 1. The molecule has 0 spiro atoms. The van der Waals surface area contributed by atoms with Gasteiger partial charge in [0, 0.05) is 56.9 Å². The van der Waals surface area contributed by atoms with Gasteiger partial charge in [0.05, 0.1) is 5.52 Å². The Balaban J connectivity index is 1.72. The van der Waals surface area contributed by atoms with Crippen LogP contribution in [0.4, 0.5) is 0 Å². The first-order chi connectivity index (χ1) is 13.2. The summed E-state index contributed by atoms with van der Waals surface area (Å²) in [5.74, 6) is 0.181. The molecule has 2 N–H and O–H groups in total. The summed E-state index contributed by atoms with van der Waals surface area (Å²) in [5, 5.41) is 0. The molecular weight excluding hydrogens is 336 g/mol. The number of fused-ring (bicyclic) bond motifs is 8. The fourth-order valence-corrected chi connectivity index (χ4v) is 4.35. The van der Waals surface area contributed by atoms with Crippen LogP contribution in [0.3, 0.4) is 0 Å². The van der Waals surface area contributed by atoms with Crippen LogP contribution in [-0.2, 0) is 32.1 Å². The monoisotopic (exact) mass is 354 g/mol. The Bertz CT molecular complexity index is 1280. The summed E-state index contributed by atoms with van der Waals surface area (Å²) < 4.78 is 0. The van der Waals surface area contributed by atoms with Crippen molar-refractivity contribution in [3.8, 4) is 0 Å². The Morgan fingerprint density at radius 3 is 2.19 bits per heavy atom. The number of carbonyl (C=O) groups excluding carboxylic acids is 1. The number of H-pyrrole nitrogens is 2. The van der Waals surface area contributed by atoms with Crippen molar-refractivity contribution >= 4 is 27.9 Å². The molecule has 0 amide bonds. The van der Waals surface area contributed by atoms with Crippen molar-refractivity contribution < 1.29 is 4.79 Å². The standard InChI is InChI=1S/C22H18N4O/c27-21-11-18-20-6-5-16(25-20)8-14-2-1-12(23-14)7-13-3-4-15(24-13)9-17-10-19(21)22(18)26-17/h1-2,7-10,23,26H,3-6,11H2. The Labute approximate surface area is 155 Å². The van der Waals surface area contributed by atoms with Crippen molar-refractivity contribution in [2.24, 2.45) is 0 Å². The molecule has 3 aromatic heterocycles. The predicted octanol–water partition coefficient (Wildman–Crippen LogP) is 3.62. The number of rotatable bonds is 0. The summed E-state index contributed by atoms with van der Waals surface area (Å²) in [4.78, 5) is 29.0. The predicted molar refractivity (Wildman–Crippen MR) is 104 cm³/mol. The van der Waals surface area contributed by atoms with Crippen molar-refractivity contribution in [1.29, 1.82) is 0 Å². The van der Waals surface area contributed by atoms with Crippen LogP contribution in [0.15, 0.2) is 36.4 Å². The molecule has 0 aromatic carbocycles. The first-order valence-electron chi connectivity index (χ1n) is 9.44. The van der Waals surface area contributed by atoms with Crippen molar-refractivity contribution in [3.63, 3.8) is 0 Å². The molecule has 5 heteroatoms. The molecule has 27 heavy (non-hydrogen) atoms. The first-order valence-corrected chi connectivity index (χ1v) is 9.44. The minimum absolute atomic E-state index is 0.181. The maximum atomic E-state index is 12.5. The molecule has 8 bridgehead atoms. The molecule has 2 aliphatic heterocycles. The van der Waals surface area contributed by atoms with E-state index in [1.807, 2.05) is 6.07 Å². The fourth-order valence-electron chi connectivity index (χ4n) is 4.35. The maximum Gasteiger partial charge on any atom is 0.169 e. The largest absolute Gasteiger partial charge is 0.355 e. The van der Waals surface area contributed by atoms with Gasteiger partial charge in [0.2, 0.25) is 0 Å². The van der Waals surface area contributed by atoms with Crippen LogP contribution in [0.5, 0.6) is 0 Å². The van der Waals surface area contributed by atoms with Crippen LogP contribution in [0, 0.1) is 0 Å². The SMILES string of the molecule is O=C1Cc2c3nc(cc4ccc(cc5nc(cc6cc1c2[nH]6)CC5)[nH]4)CC3. The second-order valence-corrected chi connectivity index (χ2v) is 7.54. The number of Topliss-reactive ketones (excluding diaryl/α,β-unsaturated/α-hetero) is 1. The highest BCUT2D eigenvalue weighted by molar-refractivity contribution is 6.11. The number of nitrogens with zero attached hydrogens (tertiary/aromatic N) is 2. The second kappa shape index (κ2) is 5.39. The normalized spacial score (nSPS) is 15.5. The van der Waals surface area contributed by atoms with E-state index in [0.29, 0.717) is 6.42 Å². The van der Waals surface area contributed by atoms with Gasteiger partial charge in [-0.1, -0.05) is 0 Å². The Morgan fingerprint density at radius 2 is 1.41 bits per heavy atom. The van der Waals surface area contributed by atoms with Gasteiger partial charge in [-0.3, -0.25) is 14.8 Å². The van der Waals surface area contributed by atoms with Gasteiger partial charge < -0.3 is 9.97 Å². The average molecular weight is 354 g/mol. The molecule has 0 saturated heterocycles. The molecular formula is C22H18N4O. The highest BCUT2D eigenvalue weighted by atomic mass is 16.1. The van der Waals surface area contributed by atoms with Crippen LogP contribution in [0.1, 0.15) is 38.7 Å². The Morgan fingerprint density at radius 1 is 0.741 bits per heavy atom. The van der Waals surface area contributed by atoms with Gasteiger partial charge >= 0.3 is 0 Å². The van der Waals surface area contributed by atoms with Gasteiger partial charge in [-0.2, -0.15) is 0 Å². The van der Waals surface area contributed by atoms with Crippen LogP contribution >= 0.6 is 0 Å². The maximum absolute atomic E-state index is 12.5. The lowest BCUT2D eigenvalue weighted by atomic mass is 10.1. The van der Waals surface area contributed by atoms with E-state index in [4.69, 9.17) is 9.97 Å². The van der Waals surface area contributed by atoms with E-state index in [2.05, 4.69) is 40.3 Å². The minimum atomic E-state index is 0.181. The zero-order valence-electron chi connectivity index (χ0n) is 14.8. The van der Waals surface area contributed by atoms with Crippen molar-refractivity contribution in [2.45, 2.75) is 32.1 Å². The van der Waals surface area contributed by atoms with E-state index in [-0.39, 0.29) is 5.78 Å². The lowest BCUT2D eigenvalue weighted by Gasteiger charge is -1.94. The van der Waals surface area contributed by atoms with Crippen molar-refractivity contribution in [2.75, 3.05) is 0 Å². The van der Waals surface area contributed by atoms with Gasteiger partial charge in [0.15, 0.2) is 5.78 Å². The van der Waals surface area contributed by atoms with Crippen molar-refractivity contribution in [3.05, 3.63) is 70.3 Å². The van der Waals surface area contributed by atoms with Crippen LogP contribution in [-0.4, -0.2) is 25.7 Å². The van der Waals surface area contributed by atoms with E-state index in [1.165, 1.54) is 0 Å². The smallest absolute Gasteiger partial charge is 0.169 e. The van der Waals surface area contributed by atoms with Gasteiger partial charge in [-0.15, -0.1) is 0 Å². The molecule has 0 atom stereocenters. The number of aryl methyl sites for hydroxylation is 4. The van der Waals surface area contributed by atoms with E-state index < -0.39 is 0 Å². The quantitative estimate of drug-likeness (QED) is 0.647. The fraction of sp³-hybridized carbons (Fsp3) is 0.227. The van der Waals surface area contributed by atoms with Crippen LogP contribution in [0.25, 0.3) is 22.1 Å². The lowest BCUT2D eigenvalue weighted by Crippen LogP contribution is -1.96. The molecule has 3 aliphatic rings. The summed E-state index contributed by atoms with van der Waals surface area (Å²) in [6.45, 7) is 0. The van der Waals surface area contributed by atoms with Gasteiger partial charge in [-0.05, 0) is 62.1 Å². The molecule has 0 fully saturated rings. The molecule has 6 rings (SSSR count). The molecule has 0 radical (unpaired) electrons. The van der Waals surface area contributed by atoms with Gasteiger partial charge in [-0.25, -0.2) is 0 Å². The third kappa shape index (κ3) is 2.42. The molecule has 0 unspecified atom stereocenters. The number of aromatic nitrogens is 4. The zero-order chi connectivity index (χ0) is 18.0. The van der Waals surface area contributed by atoms with Gasteiger partial charge in [0.1, 0.15) is 0 Å². The van der Waals surface area contributed by atoms with E-state index in [0.717, 1.165) is 81.7 Å². The minimum Gasteiger partial charge on any atom is -0.355 e. The summed E-state index contributed by atoms with van der Waals surface area (Å²) in [5.41, 5.74) is 10.1. The lowest BCUT2D eigenvalue weighted by molar-refractivity contribution is 0.0999. The highest BCUT2D eigenvalue weighted by Gasteiger charge is 2.25. The van der Waals surface area contributed by atoms with Crippen molar-refractivity contribution in [1.82, 2.24) is 19.9 Å². The van der Waals surface area contributed by atoms with E-state index >= 15 is 0 Å². The molecule has 0 saturated carbocycles. The van der Waals surface area contributed by atoms with Gasteiger partial charge in [0.25, 0.3) is 0 Å². The highest BCUT2D eigenvalue weighted by Crippen LogP contribution is 2.30. The molecule has 132 valence electrons. The number of ketones is 1. The summed E-state index contributed by atoms with van der Waals surface area (Å²) >= 11 is 0. The summed E-state index contributed by atoms with van der Waals surface area (Å²) in [7, 11) is 0. The molecule has 5 heterocycles. The van der Waals surface area contributed by atoms with E-state index in [1.54, 1.807) is 0 Å². The summed E-state index contributed by atoms with van der Waals surface area (Å²) in [6, 6.07) is 12.4. The summed E-state index contributed by atoms with van der Waals surface area (Å²) in [6.07, 6.45) is 4.10. The number of hydrogen-bond donors (Lipinski definition) is 2. The molecule has 3 aromatic rings. The van der Waals surface area contributed by atoms with E-state index in [9.17, 15) is 4.79 Å². The third-order valence-corrected chi connectivity index (χ3v) is 5.64. The average Bonchev–Trinajstić information content (AvgIpc) is 3.42. The second-order valence-electron chi connectivity index (χ2n) is 7.54. The third-order valence-electron chi connectivity index (χ3n) is 5.64. The van der Waals surface area contributed by atoms with Crippen LogP contribution in [0.2, 0.25) is 0 Å². The Hall–Kier alpha value is -3.21. The van der Waals surface area contributed by atoms with Crippen LogP contribution < -0.4 is 0 Å². The Kier molecular flexibility index (Phi) is 2.98. The topological polar surface area (TPSA) is 74.4 Å².